The van der Waals surface area contributed by atoms with Gasteiger partial charge < -0.3 is 25.1 Å². The maximum Gasteiger partial charge on any atom is 0.339 e. The van der Waals surface area contributed by atoms with Gasteiger partial charge in [0.25, 0.3) is 0 Å². The number of aromatic carboxylic acids is 1. The van der Waals surface area contributed by atoms with E-state index in [1.807, 2.05) is 39.8 Å². The van der Waals surface area contributed by atoms with E-state index < -0.39 is 11.7 Å². The Labute approximate surface area is 181 Å². The Morgan fingerprint density at radius 1 is 1.13 bits per heavy atom. The molecule has 0 saturated heterocycles. The fraction of sp³-hybridized carbons (Fsp3) is 0.348. The number of amides is 1. The van der Waals surface area contributed by atoms with Crippen LogP contribution >= 0.6 is 0 Å². The van der Waals surface area contributed by atoms with Gasteiger partial charge in [0.2, 0.25) is 5.91 Å². The van der Waals surface area contributed by atoms with Gasteiger partial charge in [0, 0.05) is 30.8 Å². The fourth-order valence-electron chi connectivity index (χ4n) is 3.22. The lowest BCUT2D eigenvalue weighted by Gasteiger charge is -2.29. The molecule has 1 amide bonds. The maximum atomic E-state index is 12.1. The van der Waals surface area contributed by atoms with E-state index in [1.54, 1.807) is 11.0 Å². The summed E-state index contributed by atoms with van der Waals surface area (Å²) in [5.41, 5.74) is 2.03. The van der Waals surface area contributed by atoms with E-state index in [9.17, 15) is 19.9 Å². The summed E-state index contributed by atoms with van der Waals surface area (Å²) < 4.78 is 5.58. The van der Waals surface area contributed by atoms with Crippen LogP contribution in [0.3, 0.4) is 0 Å². The molecule has 8 heteroatoms. The Bertz CT molecular complexity index is 1010. The zero-order valence-electron chi connectivity index (χ0n) is 18.3. The van der Waals surface area contributed by atoms with Gasteiger partial charge in [-0.05, 0) is 42.2 Å². The van der Waals surface area contributed by atoms with E-state index in [2.05, 4.69) is 5.16 Å². The van der Waals surface area contributed by atoms with Gasteiger partial charge >= 0.3 is 5.97 Å². The molecule has 0 unspecified atom stereocenters. The van der Waals surface area contributed by atoms with Gasteiger partial charge in [-0.15, -0.1) is 0 Å². The van der Waals surface area contributed by atoms with Crippen LogP contribution in [0, 0.1) is 0 Å². The lowest BCUT2D eigenvalue weighted by atomic mass is 9.84. The van der Waals surface area contributed by atoms with Crippen molar-refractivity contribution in [2.24, 2.45) is 5.16 Å². The molecule has 0 aliphatic heterocycles. The number of hydrogen-bond donors (Lipinski definition) is 3. The summed E-state index contributed by atoms with van der Waals surface area (Å²) in [5.74, 6) is -1.51. The van der Waals surface area contributed by atoms with Gasteiger partial charge in [-0.3, -0.25) is 4.79 Å². The zero-order valence-corrected chi connectivity index (χ0v) is 18.3. The third kappa shape index (κ3) is 5.53. The SMILES string of the molecule is CCN(C(C)=O)c1ccc(C(COc2ccc(C(=O)O)c(O)c2)=NO)cc1C(C)(C)C. The molecule has 0 fully saturated rings. The maximum absolute atomic E-state index is 12.1. The minimum Gasteiger partial charge on any atom is -0.507 e. The van der Waals surface area contributed by atoms with Gasteiger partial charge in [-0.2, -0.15) is 0 Å². The number of nitrogens with zero attached hydrogens (tertiary/aromatic N) is 2. The number of hydrogen-bond acceptors (Lipinski definition) is 6. The first-order valence-corrected chi connectivity index (χ1v) is 9.82. The van der Waals surface area contributed by atoms with Crippen LogP contribution in [0.15, 0.2) is 41.6 Å². The van der Waals surface area contributed by atoms with E-state index >= 15 is 0 Å². The first-order valence-electron chi connectivity index (χ1n) is 9.82. The molecule has 0 bridgehead atoms. The van der Waals surface area contributed by atoms with Gasteiger partial charge in [-0.1, -0.05) is 32.0 Å². The summed E-state index contributed by atoms with van der Waals surface area (Å²) in [6, 6.07) is 9.27. The number of carbonyl (C=O) groups excluding carboxylic acids is 1. The molecule has 0 saturated carbocycles. The second-order valence-corrected chi connectivity index (χ2v) is 8.06. The van der Waals surface area contributed by atoms with Crippen LogP contribution in [0.2, 0.25) is 0 Å². The Hall–Kier alpha value is -3.55. The number of carboxylic acid groups (broad SMARTS) is 1. The van der Waals surface area contributed by atoms with Crippen molar-refractivity contribution in [3.05, 3.63) is 53.1 Å². The second kappa shape index (κ2) is 9.51. The summed E-state index contributed by atoms with van der Waals surface area (Å²) in [4.78, 5) is 24.8. The largest absolute Gasteiger partial charge is 0.507 e. The summed E-state index contributed by atoms with van der Waals surface area (Å²) in [6.07, 6.45) is 0. The predicted octanol–water partition coefficient (Wildman–Crippen LogP) is 4.02. The number of carboxylic acids is 1. The van der Waals surface area contributed by atoms with Gasteiger partial charge in [0.15, 0.2) is 0 Å². The standard InChI is InChI=1S/C23H28N2O6/c1-6-25(14(2)26)20-10-7-15(11-18(20)23(3,4)5)19(24-30)13-31-16-8-9-17(22(28)29)21(27)12-16/h7-12,27,30H,6,13H2,1-5H3,(H,28,29). The number of aromatic hydroxyl groups is 1. The minimum absolute atomic E-state index is 0.0650. The molecule has 0 spiro atoms. The Balaban J connectivity index is 2.34. The van der Waals surface area contributed by atoms with Crippen molar-refractivity contribution in [2.45, 2.75) is 40.0 Å². The van der Waals surface area contributed by atoms with Gasteiger partial charge in [-0.25, -0.2) is 4.79 Å². The van der Waals surface area contributed by atoms with Crippen LogP contribution in [-0.4, -0.2) is 46.2 Å². The van der Waals surface area contributed by atoms with E-state index in [0.29, 0.717) is 12.1 Å². The third-order valence-corrected chi connectivity index (χ3v) is 4.82. The van der Waals surface area contributed by atoms with Crippen molar-refractivity contribution in [2.75, 3.05) is 18.1 Å². The van der Waals surface area contributed by atoms with Gasteiger partial charge in [0.1, 0.15) is 29.4 Å². The highest BCUT2D eigenvalue weighted by Crippen LogP contribution is 2.33. The lowest BCUT2D eigenvalue weighted by Crippen LogP contribution is -2.31. The molecule has 3 N–H and O–H groups in total. The van der Waals surface area contributed by atoms with Crippen molar-refractivity contribution in [3.8, 4) is 11.5 Å². The third-order valence-electron chi connectivity index (χ3n) is 4.82. The summed E-state index contributed by atoms with van der Waals surface area (Å²) >= 11 is 0. The van der Waals surface area contributed by atoms with Crippen molar-refractivity contribution >= 4 is 23.3 Å². The molecule has 0 aliphatic carbocycles. The topological polar surface area (TPSA) is 120 Å². The molecular weight excluding hydrogens is 400 g/mol. The average Bonchev–Trinajstić information content (AvgIpc) is 2.68. The van der Waals surface area contributed by atoms with Crippen LogP contribution in [0.25, 0.3) is 0 Å². The molecule has 0 atom stereocenters. The molecule has 166 valence electrons. The Morgan fingerprint density at radius 2 is 1.81 bits per heavy atom. The molecule has 2 aromatic rings. The van der Waals surface area contributed by atoms with E-state index in [0.717, 1.165) is 11.3 Å². The lowest BCUT2D eigenvalue weighted by molar-refractivity contribution is -0.116. The van der Waals surface area contributed by atoms with Crippen LogP contribution in [0.4, 0.5) is 5.69 Å². The Kier molecular flexibility index (Phi) is 7.28. The molecule has 0 aliphatic rings. The molecule has 2 aromatic carbocycles. The Morgan fingerprint density at radius 3 is 2.29 bits per heavy atom. The molecule has 0 heterocycles. The van der Waals surface area contributed by atoms with Crippen molar-refractivity contribution in [1.29, 1.82) is 0 Å². The van der Waals surface area contributed by atoms with Crippen molar-refractivity contribution in [3.63, 3.8) is 0 Å². The van der Waals surface area contributed by atoms with Crippen LogP contribution in [-0.2, 0) is 10.2 Å². The first-order chi connectivity index (χ1) is 14.5. The molecule has 31 heavy (non-hydrogen) atoms. The van der Waals surface area contributed by atoms with Crippen LogP contribution < -0.4 is 9.64 Å². The van der Waals surface area contributed by atoms with Crippen molar-refractivity contribution < 1.29 is 29.7 Å². The van der Waals surface area contributed by atoms with Crippen LogP contribution in [0.5, 0.6) is 11.5 Å². The zero-order chi connectivity index (χ0) is 23.3. The summed E-state index contributed by atoms with van der Waals surface area (Å²) in [6.45, 7) is 9.92. The number of rotatable bonds is 7. The highest BCUT2D eigenvalue weighted by molar-refractivity contribution is 6.02. The summed E-state index contributed by atoms with van der Waals surface area (Å²) in [7, 11) is 0. The van der Waals surface area contributed by atoms with E-state index in [1.165, 1.54) is 25.1 Å². The highest BCUT2D eigenvalue weighted by atomic mass is 16.5. The smallest absolute Gasteiger partial charge is 0.339 e. The number of carbonyl (C=O) groups is 2. The monoisotopic (exact) mass is 428 g/mol. The van der Waals surface area contributed by atoms with E-state index in [-0.39, 0.29) is 35.0 Å². The van der Waals surface area contributed by atoms with Gasteiger partial charge in [0.05, 0.1) is 0 Å². The quantitative estimate of drug-likeness (QED) is 0.348. The molecule has 2 rings (SSSR count). The fourth-order valence-corrected chi connectivity index (χ4v) is 3.22. The number of anilines is 1. The minimum atomic E-state index is -1.25. The summed E-state index contributed by atoms with van der Waals surface area (Å²) in [5, 5.41) is 31.7. The number of ether oxygens (including phenoxy) is 1. The van der Waals surface area contributed by atoms with Crippen LogP contribution in [0.1, 0.15) is 56.1 Å². The van der Waals surface area contributed by atoms with E-state index in [4.69, 9.17) is 9.84 Å². The average molecular weight is 428 g/mol. The molecule has 0 radical (unpaired) electrons. The van der Waals surface area contributed by atoms with Crippen molar-refractivity contribution in [1.82, 2.24) is 0 Å². The number of phenols is 1. The number of oxime groups is 1. The molecule has 8 nitrogen and oxygen atoms in total. The molecule has 0 aromatic heterocycles. The predicted molar refractivity (Wildman–Crippen MR) is 118 cm³/mol. The highest BCUT2D eigenvalue weighted by Gasteiger charge is 2.24. The number of benzene rings is 2. The second-order valence-electron chi connectivity index (χ2n) is 8.06. The molecular formula is C23H28N2O6. The first kappa shape index (κ1) is 23.7. The normalized spacial score (nSPS) is 11.8.